The van der Waals surface area contributed by atoms with Gasteiger partial charge in [0.05, 0.1) is 0 Å². The highest BCUT2D eigenvalue weighted by Crippen LogP contribution is 2.49. The van der Waals surface area contributed by atoms with Crippen LogP contribution in [0.4, 0.5) is 13.2 Å². The van der Waals surface area contributed by atoms with Gasteiger partial charge in [0.15, 0.2) is 5.41 Å². The Balaban J connectivity index is 2.04. The number of benzene rings is 1. The third-order valence-corrected chi connectivity index (χ3v) is 4.70. The molecule has 1 aromatic heterocycles. The topological polar surface area (TPSA) is 26.3 Å². The van der Waals surface area contributed by atoms with E-state index >= 15 is 0 Å². The van der Waals surface area contributed by atoms with Gasteiger partial charge in [-0.25, -0.2) is 0 Å². The van der Waals surface area contributed by atoms with Crippen molar-refractivity contribution in [3.8, 4) is 0 Å². The van der Waals surface area contributed by atoms with Crippen molar-refractivity contribution in [2.75, 3.05) is 0 Å². The first-order chi connectivity index (χ1) is 10.8. The summed E-state index contributed by atoms with van der Waals surface area (Å²) in [6.07, 6.45) is -4.25. The lowest BCUT2D eigenvalue weighted by atomic mass is 9.83. The molecule has 1 atom stereocenters. The number of alkyl halides is 3. The zero-order chi connectivity index (χ0) is 16.7. The predicted octanol–water partition coefficient (Wildman–Crippen LogP) is 4.75. The molecule has 0 saturated carbocycles. The monoisotopic (exact) mass is 338 g/mol. The summed E-state index contributed by atoms with van der Waals surface area (Å²) in [6, 6.07) is 10.1. The van der Waals surface area contributed by atoms with Crippen molar-refractivity contribution in [2.45, 2.75) is 19.5 Å². The van der Waals surface area contributed by atoms with Gasteiger partial charge in [-0.15, -0.1) is 11.3 Å². The van der Waals surface area contributed by atoms with Crippen LogP contribution < -0.4 is 0 Å². The zero-order valence-electron chi connectivity index (χ0n) is 12.2. The van der Waals surface area contributed by atoms with E-state index in [1.807, 2.05) is 6.92 Å². The molecule has 2 aromatic rings. The van der Waals surface area contributed by atoms with Crippen molar-refractivity contribution in [3.63, 3.8) is 0 Å². The van der Waals surface area contributed by atoms with E-state index in [0.29, 0.717) is 10.4 Å². The fraction of sp³-hybridized carbons (Fsp3) is 0.235. The predicted molar refractivity (Wildman–Crippen MR) is 81.8 cm³/mol. The molecule has 2 heterocycles. The molecule has 6 heteroatoms. The summed E-state index contributed by atoms with van der Waals surface area (Å²) in [6.45, 7) is 1.87. The Labute approximate surface area is 135 Å². The number of cyclic esters (lactones) is 1. The Kier molecular flexibility index (Phi) is 3.80. The second kappa shape index (κ2) is 5.53. The molecule has 0 N–H and O–H groups in total. The van der Waals surface area contributed by atoms with E-state index in [2.05, 4.69) is 0 Å². The third kappa shape index (κ3) is 2.79. The van der Waals surface area contributed by atoms with Crippen LogP contribution in [0.1, 0.15) is 16.0 Å². The van der Waals surface area contributed by atoms with Gasteiger partial charge in [0, 0.05) is 16.9 Å². The minimum Gasteiger partial charge on any atom is -0.425 e. The summed E-state index contributed by atoms with van der Waals surface area (Å²) < 4.78 is 46.0. The molecule has 0 spiro atoms. The summed E-state index contributed by atoms with van der Waals surface area (Å²) in [5.74, 6) is -1.31. The average Bonchev–Trinajstić information content (AvgIpc) is 3.09. The van der Waals surface area contributed by atoms with Crippen LogP contribution in [0.2, 0.25) is 0 Å². The Morgan fingerprint density at radius 1 is 1.17 bits per heavy atom. The van der Waals surface area contributed by atoms with Crippen molar-refractivity contribution in [3.05, 3.63) is 63.9 Å². The molecule has 1 unspecified atom stereocenters. The van der Waals surface area contributed by atoms with Gasteiger partial charge in [-0.1, -0.05) is 35.9 Å². The lowest BCUT2D eigenvalue weighted by molar-refractivity contribution is -0.212. The van der Waals surface area contributed by atoms with Gasteiger partial charge in [0.2, 0.25) is 0 Å². The van der Waals surface area contributed by atoms with Gasteiger partial charge < -0.3 is 4.74 Å². The van der Waals surface area contributed by atoms with Crippen molar-refractivity contribution in [1.82, 2.24) is 0 Å². The van der Waals surface area contributed by atoms with Crippen LogP contribution in [0.3, 0.4) is 0 Å². The first-order valence-electron chi connectivity index (χ1n) is 6.93. The van der Waals surface area contributed by atoms with Crippen LogP contribution in [0.5, 0.6) is 0 Å². The molecule has 1 aliphatic rings. The van der Waals surface area contributed by atoms with Gasteiger partial charge in [-0.2, -0.15) is 13.2 Å². The molecule has 23 heavy (non-hydrogen) atoms. The Morgan fingerprint density at radius 3 is 2.43 bits per heavy atom. The normalized spacial score (nSPS) is 21.2. The lowest BCUT2D eigenvalue weighted by Gasteiger charge is -2.25. The van der Waals surface area contributed by atoms with Crippen LogP contribution in [0, 0.1) is 12.3 Å². The van der Waals surface area contributed by atoms with Gasteiger partial charge >= 0.3 is 12.1 Å². The van der Waals surface area contributed by atoms with Gasteiger partial charge in [0.1, 0.15) is 5.76 Å². The van der Waals surface area contributed by atoms with E-state index in [4.69, 9.17) is 4.74 Å². The maximum Gasteiger partial charge on any atom is 0.408 e. The zero-order valence-corrected chi connectivity index (χ0v) is 13.0. The average molecular weight is 338 g/mol. The smallest absolute Gasteiger partial charge is 0.408 e. The molecule has 120 valence electrons. The van der Waals surface area contributed by atoms with Crippen LogP contribution in [0.15, 0.2) is 47.9 Å². The van der Waals surface area contributed by atoms with E-state index < -0.39 is 24.0 Å². The fourth-order valence-electron chi connectivity index (χ4n) is 2.47. The maximum atomic E-state index is 13.7. The van der Waals surface area contributed by atoms with Gasteiger partial charge in [-0.3, -0.25) is 4.79 Å². The van der Waals surface area contributed by atoms with Crippen LogP contribution in [-0.4, -0.2) is 12.1 Å². The summed E-state index contributed by atoms with van der Waals surface area (Å²) in [5, 5.41) is 1.68. The molecule has 3 rings (SSSR count). The Bertz CT molecular complexity index is 745. The van der Waals surface area contributed by atoms with E-state index in [1.54, 1.807) is 41.8 Å². The molecular weight excluding hydrogens is 325 g/mol. The number of esters is 1. The fourth-order valence-corrected chi connectivity index (χ4v) is 3.27. The first kappa shape index (κ1) is 15.8. The van der Waals surface area contributed by atoms with Crippen molar-refractivity contribution in [2.24, 2.45) is 5.41 Å². The summed E-state index contributed by atoms with van der Waals surface area (Å²) in [4.78, 5) is 12.6. The number of halogens is 3. The number of ether oxygens (including phenoxy) is 1. The molecule has 0 aliphatic carbocycles. The highest BCUT2D eigenvalue weighted by molar-refractivity contribution is 7.09. The molecule has 0 saturated heterocycles. The highest BCUT2D eigenvalue weighted by atomic mass is 32.1. The second-order valence-electron chi connectivity index (χ2n) is 5.49. The number of carbonyl (C=O) groups excluding carboxylic acids is 1. The van der Waals surface area contributed by atoms with Crippen molar-refractivity contribution < 1.29 is 22.7 Å². The first-order valence-corrected chi connectivity index (χ1v) is 7.81. The number of aryl methyl sites for hydroxylation is 1. The summed E-state index contributed by atoms with van der Waals surface area (Å²) in [7, 11) is 0. The molecule has 0 amide bonds. The van der Waals surface area contributed by atoms with E-state index in [-0.39, 0.29) is 5.76 Å². The second-order valence-corrected chi connectivity index (χ2v) is 6.52. The number of hydrogen-bond acceptors (Lipinski definition) is 3. The summed E-state index contributed by atoms with van der Waals surface area (Å²) >= 11 is 1.19. The molecule has 0 radical (unpaired) electrons. The van der Waals surface area contributed by atoms with E-state index in [1.165, 1.54) is 11.3 Å². The van der Waals surface area contributed by atoms with Crippen molar-refractivity contribution in [1.29, 1.82) is 0 Å². The van der Waals surface area contributed by atoms with Crippen LogP contribution in [0.25, 0.3) is 5.76 Å². The molecule has 2 nitrogen and oxygen atoms in total. The van der Waals surface area contributed by atoms with Gasteiger partial charge in [0.25, 0.3) is 0 Å². The highest BCUT2D eigenvalue weighted by Gasteiger charge is 2.63. The number of carbonyl (C=O) groups is 1. The number of hydrogen-bond donors (Lipinski definition) is 0. The van der Waals surface area contributed by atoms with E-state index in [0.717, 1.165) is 11.6 Å². The third-order valence-electron chi connectivity index (χ3n) is 3.82. The maximum absolute atomic E-state index is 13.7. The van der Waals surface area contributed by atoms with Crippen LogP contribution in [-0.2, 0) is 16.0 Å². The molecule has 1 aliphatic heterocycles. The summed E-state index contributed by atoms with van der Waals surface area (Å²) in [5.41, 5.74) is -1.20. The Hall–Kier alpha value is -2.08. The minimum absolute atomic E-state index is 0.0381. The minimum atomic E-state index is -4.72. The molecule has 1 aromatic carbocycles. The molecular formula is C17H13F3O2S. The SMILES string of the molecule is Cc1ccc(C2=CC(Cc3cccs3)(C(F)(F)F)C(=O)O2)cc1. The largest absolute Gasteiger partial charge is 0.425 e. The molecule has 0 bridgehead atoms. The lowest BCUT2D eigenvalue weighted by Crippen LogP contribution is -2.43. The van der Waals surface area contributed by atoms with Crippen LogP contribution >= 0.6 is 11.3 Å². The van der Waals surface area contributed by atoms with E-state index in [9.17, 15) is 18.0 Å². The number of thiophene rings is 1. The Morgan fingerprint density at radius 2 is 1.87 bits per heavy atom. The quantitative estimate of drug-likeness (QED) is 0.755. The van der Waals surface area contributed by atoms with Gasteiger partial charge in [-0.05, 0) is 24.4 Å². The number of rotatable bonds is 3. The molecule has 0 fully saturated rings. The van der Waals surface area contributed by atoms with Crippen molar-refractivity contribution >= 4 is 23.1 Å². The standard InChI is InChI=1S/C17H13F3O2S/c1-11-4-6-12(7-5-11)14-10-16(15(21)22-14,17(18,19)20)9-13-3-2-8-23-13/h2-8,10H,9H2,1H3.